The van der Waals surface area contributed by atoms with Crippen molar-refractivity contribution in [3.05, 3.63) is 65.5 Å². The van der Waals surface area contributed by atoms with E-state index in [0.717, 1.165) is 12.0 Å². The third-order valence-electron chi connectivity index (χ3n) is 3.61. The number of anilines is 1. The Bertz CT molecular complexity index is 622. The average molecular weight is 287 g/mol. The Morgan fingerprint density at radius 2 is 1.71 bits per heavy atom. The van der Waals surface area contributed by atoms with Gasteiger partial charge in [-0.3, -0.25) is 0 Å². The van der Waals surface area contributed by atoms with Crippen LogP contribution in [0.5, 0.6) is 0 Å². The van der Waals surface area contributed by atoms with Gasteiger partial charge in [0, 0.05) is 5.69 Å². The Labute approximate surface area is 123 Å². The highest BCUT2D eigenvalue weighted by Gasteiger charge is 2.35. The molecule has 21 heavy (non-hydrogen) atoms. The summed E-state index contributed by atoms with van der Waals surface area (Å²) in [6.07, 6.45) is 0.898. The predicted molar refractivity (Wildman–Crippen MR) is 80.8 cm³/mol. The molecule has 0 spiro atoms. The zero-order valence-corrected chi connectivity index (χ0v) is 12.1. The summed E-state index contributed by atoms with van der Waals surface area (Å²) in [4.78, 5) is 11.7. The van der Waals surface area contributed by atoms with E-state index in [4.69, 9.17) is 0 Å². The smallest absolute Gasteiger partial charge is 0.333 e. The number of carbonyl (C=O) groups is 1. The molecule has 0 bridgehead atoms. The minimum atomic E-state index is -1.27. The number of aliphatic carboxylic acids is 1. The molecule has 2 rings (SSSR count). The fourth-order valence-electron chi connectivity index (χ4n) is 2.14. The van der Waals surface area contributed by atoms with Crippen LogP contribution in [0, 0.1) is 5.82 Å². The van der Waals surface area contributed by atoms with Gasteiger partial charge in [0.25, 0.3) is 0 Å². The maximum absolute atomic E-state index is 12.9. The first-order chi connectivity index (χ1) is 9.95. The number of aryl methyl sites for hydroxylation is 1. The second-order valence-corrected chi connectivity index (χ2v) is 5.11. The first-order valence-corrected chi connectivity index (χ1v) is 6.82. The summed E-state index contributed by atoms with van der Waals surface area (Å²) in [7, 11) is 0. The molecule has 1 unspecified atom stereocenters. The molecule has 0 amide bonds. The molecule has 110 valence electrons. The van der Waals surface area contributed by atoms with Crippen LogP contribution in [-0.4, -0.2) is 11.1 Å². The number of carboxylic acid groups (broad SMARTS) is 1. The van der Waals surface area contributed by atoms with Crippen LogP contribution in [0.2, 0.25) is 0 Å². The fraction of sp³-hybridized carbons (Fsp3) is 0.235. The Kier molecular flexibility index (Phi) is 4.26. The molecular formula is C17H18FNO2. The van der Waals surface area contributed by atoms with Crippen molar-refractivity contribution >= 4 is 11.7 Å². The van der Waals surface area contributed by atoms with E-state index in [0.29, 0.717) is 11.3 Å². The zero-order valence-electron chi connectivity index (χ0n) is 12.1. The Morgan fingerprint density at radius 3 is 2.19 bits per heavy atom. The predicted octanol–water partition coefficient (Wildman–Crippen LogP) is 3.80. The zero-order chi connectivity index (χ0) is 15.5. The second-order valence-electron chi connectivity index (χ2n) is 5.11. The van der Waals surface area contributed by atoms with Crippen LogP contribution >= 0.6 is 0 Å². The number of hydrogen-bond acceptors (Lipinski definition) is 2. The van der Waals surface area contributed by atoms with Crippen LogP contribution in [0.25, 0.3) is 0 Å². The van der Waals surface area contributed by atoms with Crippen molar-refractivity contribution in [1.82, 2.24) is 0 Å². The van der Waals surface area contributed by atoms with E-state index in [1.165, 1.54) is 24.3 Å². The lowest BCUT2D eigenvalue weighted by Gasteiger charge is -2.28. The van der Waals surface area contributed by atoms with Gasteiger partial charge in [0.1, 0.15) is 5.82 Å². The molecule has 0 fully saturated rings. The van der Waals surface area contributed by atoms with Gasteiger partial charge >= 0.3 is 5.97 Å². The summed E-state index contributed by atoms with van der Waals surface area (Å²) in [6, 6.07) is 13.1. The molecule has 0 aliphatic heterocycles. The summed E-state index contributed by atoms with van der Waals surface area (Å²) in [5, 5.41) is 12.6. The largest absolute Gasteiger partial charge is 0.479 e. The van der Waals surface area contributed by atoms with Gasteiger partial charge in [-0.2, -0.15) is 0 Å². The van der Waals surface area contributed by atoms with Gasteiger partial charge in [0.05, 0.1) is 0 Å². The highest BCUT2D eigenvalue weighted by Crippen LogP contribution is 2.27. The molecule has 0 saturated carbocycles. The van der Waals surface area contributed by atoms with Crippen LogP contribution in [0.4, 0.5) is 10.1 Å². The molecule has 0 saturated heterocycles. The van der Waals surface area contributed by atoms with Crippen LogP contribution in [0.1, 0.15) is 25.0 Å². The molecule has 4 heteroatoms. The van der Waals surface area contributed by atoms with Gasteiger partial charge in [-0.25, -0.2) is 9.18 Å². The van der Waals surface area contributed by atoms with Crippen LogP contribution in [0.3, 0.4) is 0 Å². The number of hydrogen-bond donors (Lipinski definition) is 2. The summed E-state index contributed by atoms with van der Waals surface area (Å²) >= 11 is 0. The summed E-state index contributed by atoms with van der Waals surface area (Å²) in [6.45, 7) is 3.64. The highest BCUT2D eigenvalue weighted by atomic mass is 19.1. The van der Waals surface area contributed by atoms with Gasteiger partial charge in [-0.15, -0.1) is 0 Å². The SMILES string of the molecule is CCc1ccc(C(C)(Nc2ccc(F)cc2)C(=O)O)cc1. The summed E-state index contributed by atoms with van der Waals surface area (Å²) in [5.41, 5.74) is 1.08. The van der Waals surface area contributed by atoms with Crippen LogP contribution in [-0.2, 0) is 16.8 Å². The monoisotopic (exact) mass is 287 g/mol. The van der Waals surface area contributed by atoms with E-state index in [2.05, 4.69) is 5.32 Å². The van der Waals surface area contributed by atoms with Crippen molar-refractivity contribution in [3.63, 3.8) is 0 Å². The third kappa shape index (κ3) is 3.21. The lowest BCUT2D eigenvalue weighted by atomic mass is 9.90. The van der Waals surface area contributed by atoms with Crippen molar-refractivity contribution in [3.8, 4) is 0 Å². The van der Waals surface area contributed by atoms with Crippen molar-refractivity contribution in [2.75, 3.05) is 5.32 Å². The Morgan fingerprint density at radius 1 is 1.14 bits per heavy atom. The lowest BCUT2D eigenvalue weighted by Crippen LogP contribution is -2.40. The minimum absolute atomic E-state index is 0.357. The van der Waals surface area contributed by atoms with E-state index >= 15 is 0 Å². The molecule has 0 aliphatic rings. The van der Waals surface area contributed by atoms with Crippen LogP contribution in [0.15, 0.2) is 48.5 Å². The quantitative estimate of drug-likeness (QED) is 0.879. The van der Waals surface area contributed by atoms with Crippen molar-refractivity contribution in [2.24, 2.45) is 0 Å². The van der Waals surface area contributed by atoms with E-state index in [9.17, 15) is 14.3 Å². The number of carboxylic acids is 1. The Balaban J connectivity index is 2.34. The maximum Gasteiger partial charge on any atom is 0.333 e. The fourth-order valence-corrected chi connectivity index (χ4v) is 2.14. The number of benzene rings is 2. The van der Waals surface area contributed by atoms with Crippen molar-refractivity contribution in [2.45, 2.75) is 25.8 Å². The molecule has 2 N–H and O–H groups in total. The highest BCUT2D eigenvalue weighted by molar-refractivity contribution is 5.84. The molecule has 0 heterocycles. The molecule has 2 aromatic carbocycles. The van der Waals surface area contributed by atoms with E-state index in [1.54, 1.807) is 6.92 Å². The van der Waals surface area contributed by atoms with Crippen molar-refractivity contribution < 1.29 is 14.3 Å². The molecule has 3 nitrogen and oxygen atoms in total. The van der Waals surface area contributed by atoms with Gasteiger partial charge in [-0.1, -0.05) is 31.2 Å². The van der Waals surface area contributed by atoms with Gasteiger partial charge in [0.15, 0.2) is 5.54 Å². The van der Waals surface area contributed by atoms with Gasteiger partial charge in [0.2, 0.25) is 0 Å². The molecule has 0 radical (unpaired) electrons. The lowest BCUT2D eigenvalue weighted by molar-refractivity contribution is -0.142. The topological polar surface area (TPSA) is 49.3 Å². The summed E-state index contributed by atoms with van der Waals surface area (Å²) in [5.74, 6) is -1.35. The minimum Gasteiger partial charge on any atom is -0.479 e. The maximum atomic E-state index is 12.9. The molecule has 2 aromatic rings. The standard InChI is InChI=1S/C17H18FNO2/c1-3-12-4-6-13(7-5-12)17(2,16(20)21)19-15-10-8-14(18)9-11-15/h4-11,19H,3H2,1-2H3,(H,20,21). The number of rotatable bonds is 5. The number of halogens is 1. The average Bonchev–Trinajstić information content (AvgIpc) is 2.49. The second kappa shape index (κ2) is 5.95. The molecular weight excluding hydrogens is 269 g/mol. The van der Waals surface area contributed by atoms with E-state index < -0.39 is 11.5 Å². The van der Waals surface area contributed by atoms with Crippen LogP contribution < -0.4 is 5.32 Å². The summed E-state index contributed by atoms with van der Waals surface area (Å²) < 4.78 is 12.9. The first-order valence-electron chi connectivity index (χ1n) is 6.82. The number of nitrogens with one attached hydrogen (secondary N) is 1. The van der Waals surface area contributed by atoms with Crippen molar-refractivity contribution in [1.29, 1.82) is 0 Å². The molecule has 1 atom stereocenters. The molecule has 0 aromatic heterocycles. The van der Waals surface area contributed by atoms with Gasteiger partial charge < -0.3 is 10.4 Å². The van der Waals surface area contributed by atoms with E-state index in [1.807, 2.05) is 31.2 Å². The normalized spacial score (nSPS) is 13.5. The van der Waals surface area contributed by atoms with E-state index in [-0.39, 0.29) is 5.82 Å². The third-order valence-corrected chi connectivity index (χ3v) is 3.61. The first kappa shape index (κ1) is 15.0. The van der Waals surface area contributed by atoms with Gasteiger partial charge in [-0.05, 0) is 48.7 Å². The molecule has 0 aliphatic carbocycles. The Hall–Kier alpha value is -2.36.